The highest BCUT2D eigenvalue weighted by molar-refractivity contribution is 5.89. The summed E-state index contributed by atoms with van der Waals surface area (Å²) in [5.74, 6) is 1.64. The van der Waals surface area contributed by atoms with Gasteiger partial charge in [-0.1, -0.05) is 29.8 Å². The van der Waals surface area contributed by atoms with Gasteiger partial charge in [-0.25, -0.2) is 4.79 Å². The molecule has 7 heteroatoms. The van der Waals surface area contributed by atoms with Crippen molar-refractivity contribution in [2.45, 2.75) is 39.8 Å². The number of hydrogen-bond acceptors (Lipinski definition) is 3. The van der Waals surface area contributed by atoms with E-state index in [1.165, 1.54) is 11.1 Å². The Kier molecular flexibility index (Phi) is 9.00. The van der Waals surface area contributed by atoms with E-state index in [-0.39, 0.29) is 12.1 Å². The molecule has 4 N–H and O–H groups in total. The molecule has 0 bridgehead atoms. The zero-order valence-corrected chi connectivity index (χ0v) is 18.5. The number of nitrogens with one attached hydrogen (secondary N) is 4. The molecule has 7 nitrogen and oxygen atoms in total. The summed E-state index contributed by atoms with van der Waals surface area (Å²) in [6.07, 6.45) is 0.838. The van der Waals surface area contributed by atoms with Crippen molar-refractivity contribution in [3.63, 3.8) is 0 Å². The minimum Gasteiger partial charge on any atom is -0.496 e. The predicted molar refractivity (Wildman–Crippen MR) is 123 cm³/mol. The number of aliphatic imine (C=N–C) groups is 1. The van der Waals surface area contributed by atoms with Crippen LogP contribution in [0.15, 0.2) is 47.5 Å². The quantitative estimate of drug-likeness (QED) is 0.396. The number of urea groups is 1. The average Bonchev–Trinajstić information content (AvgIpc) is 2.71. The lowest BCUT2D eigenvalue weighted by Crippen LogP contribution is -2.37. The van der Waals surface area contributed by atoms with Crippen LogP contribution < -0.4 is 26.0 Å². The zero-order valence-electron chi connectivity index (χ0n) is 18.5. The molecular weight excluding hydrogens is 378 g/mol. The molecule has 0 radical (unpaired) electrons. The first-order chi connectivity index (χ1) is 14.4. The molecule has 0 saturated heterocycles. The van der Waals surface area contributed by atoms with Crippen LogP contribution in [0.4, 0.5) is 10.5 Å². The summed E-state index contributed by atoms with van der Waals surface area (Å²) in [6.45, 7) is 7.30. The van der Waals surface area contributed by atoms with Crippen molar-refractivity contribution >= 4 is 17.7 Å². The second kappa shape index (κ2) is 11.7. The average molecular weight is 412 g/mol. The van der Waals surface area contributed by atoms with Crippen molar-refractivity contribution in [1.29, 1.82) is 0 Å². The van der Waals surface area contributed by atoms with Crippen LogP contribution in [0, 0.1) is 6.92 Å². The number of benzene rings is 2. The van der Waals surface area contributed by atoms with Gasteiger partial charge in [-0.2, -0.15) is 0 Å². The van der Waals surface area contributed by atoms with E-state index in [1.807, 2.05) is 50.2 Å². The van der Waals surface area contributed by atoms with Crippen molar-refractivity contribution in [3.8, 4) is 5.75 Å². The number of guanidine groups is 1. The van der Waals surface area contributed by atoms with E-state index in [9.17, 15) is 4.79 Å². The smallest absolute Gasteiger partial charge is 0.319 e. The Bertz CT molecular complexity index is 847. The van der Waals surface area contributed by atoms with E-state index in [4.69, 9.17) is 4.74 Å². The molecule has 0 fully saturated rings. The van der Waals surface area contributed by atoms with E-state index in [0.717, 1.165) is 35.9 Å². The van der Waals surface area contributed by atoms with Crippen LogP contribution in [0.2, 0.25) is 0 Å². The summed E-state index contributed by atoms with van der Waals surface area (Å²) in [4.78, 5) is 16.0. The molecule has 2 amide bonds. The third-order valence-electron chi connectivity index (χ3n) is 4.44. The summed E-state index contributed by atoms with van der Waals surface area (Å²) >= 11 is 0. The molecule has 162 valence electrons. The summed E-state index contributed by atoms with van der Waals surface area (Å²) in [5, 5.41) is 12.3. The lowest BCUT2D eigenvalue weighted by molar-refractivity contribution is 0.250. The Labute approximate surface area is 179 Å². The Hall–Kier alpha value is -3.22. The van der Waals surface area contributed by atoms with Gasteiger partial charge in [0, 0.05) is 31.9 Å². The molecule has 0 aliphatic heterocycles. The third-order valence-corrected chi connectivity index (χ3v) is 4.44. The second-order valence-electron chi connectivity index (χ2n) is 7.37. The number of methoxy groups -OCH3 is 1. The highest BCUT2D eigenvalue weighted by atomic mass is 16.5. The topological polar surface area (TPSA) is 86.8 Å². The van der Waals surface area contributed by atoms with E-state index < -0.39 is 0 Å². The predicted octanol–water partition coefficient (Wildman–Crippen LogP) is 3.44. The number of carbonyl (C=O) groups is 1. The van der Waals surface area contributed by atoms with Crippen LogP contribution in [0.5, 0.6) is 5.75 Å². The molecule has 0 aliphatic carbocycles. The Morgan fingerprint density at radius 1 is 1.10 bits per heavy atom. The van der Waals surface area contributed by atoms with Crippen molar-refractivity contribution in [2.24, 2.45) is 4.99 Å². The minimum atomic E-state index is -0.203. The molecule has 0 atom stereocenters. The lowest BCUT2D eigenvalue weighted by Gasteiger charge is -2.14. The van der Waals surface area contributed by atoms with Gasteiger partial charge < -0.3 is 26.0 Å². The number of carbonyl (C=O) groups excluding carboxylic acids is 1. The van der Waals surface area contributed by atoms with Gasteiger partial charge in [0.25, 0.3) is 0 Å². The van der Waals surface area contributed by atoms with Crippen LogP contribution in [-0.4, -0.2) is 38.7 Å². The van der Waals surface area contributed by atoms with Crippen molar-refractivity contribution in [2.75, 3.05) is 26.0 Å². The summed E-state index contributed by atoms with van der Waals surface area (Å²) in [5.41, 5.74) is 4.23. The van der Waals surface area contributed by atoms with Crippen LogP contribution >= 0.6 is 0 Å². The summed E-state index contributed by atoms with van der Waals surface area (Å²) in [7, 11) is 3.45. The maximum absolute atomic E-state index is 11.8. The molecule has 0 saturated carbocycles. The standard InChI is InChI=1S/C23H33N5O2/c1-16(2)27-23(29)28-20-9-7-18(8-10-20)15-26-22(24-4)25-13-12-19-14-17(3)6-11-21(19)30-5/h6-11,14,16H,12-13,15H2,1-5H3,(H2,24,25,26)(H2,27,28,29). The molecule has 0 unspecified atom stereocenters. The SMILES string of the molecule is CN=C(NCCc1cc(C)ccc1OC)NCc1ccc(NC(=O)NC(C)C)cc1. The number of rotatable bonds is 8. The Morgan fingerprint density at radius 3 is 2.47 bits per heavy atom. The Balaban J connectivity index is 1.80. The van der Waals surface area contributed by atoms with Crippen molar-refractivity contribution in [3.05, 3.63) is 59.2 Å². The van der Waals surface area contributed by atoms with Gasteiger partial charge in [-0.3, -0.25) is 4.99 Å². The van der Waals surface area contributed by atoms with E-state index in [1.54, 1.807) is 14.2 Å². The molecule has 0 aromatic heterocycles. The molecule has 0 aliphatic rings. The Morgan fingerprint density at radius 2 is 1.83 bits per heavy atom. The first-order valence-electron chi connectivity index (χ1n) is 10.2. The first-order valence-corrected chi connectivity index (χ1v) is 10.2. The summed E-state index contributed by atoms with van der Waals surface area (Å²) < 4.78 is 5.44. The molecule has 2 aromatic carbocycles. The van der Waals surface area contributed by atoms with Crippen molar-refractivity contribution in [1.82, 2.24) is 16.0 Å². The molecule has 0 spiro atoms. The monoisotopic (exact) mass is 411 g/mol. The van der Waals surface area contributed by atoms with Crippen LogP contribution in [0.1, 0.15) is 30.5 Å². The van der Waals surface area contributed by atoms with E-state index >= 15 is 0 Å². The number of nitrogens with zero attached hydrogens (tertiary/aromatic N) is 1. The summed E-state index contributed by atoms with van der Waals surface area (Å²) in [6, 6.07) is 13.8. The molecular formula is C23H33N5O2. The molecule has 30 heavy (non-hydrogen) atoms. The highest BCUT2D eigenvalue weighted by Gasteiger charge is 2.05. The normalized spacial score (nSPS) is 11.2. The van der Waals surface area contributed by atoms with Gasteiger partial charge in [-0.15, -0.1) is 0 Å². The fraction of sp³-hybridized carbons (Fsp3) is 0.391. The number of anilines is 1. The molecule has 0 heterocycles. The fourth-order valence-corrected chi connectivity index (χ4v) is 2.96. The van der Waals surface area contributed by atoms with Gasteiger partial charge in [0.15, 0.2) is 5.96 Å². The van der Waals surface area contributed by atoms with Crippen LogP contribution in [0.25, 0.3) is 0 Å². The number of aryl methyl sites for hydroxylation is 1. The fourth-order valence-electron chi connectivity index (χ4n) is 2.96. The van der Waals surface area contributed by atoms with E-state index in [0.29, 0.717) is 6.54 Å². The van der Waals surface area contributed by atoms with Gasteiger partial charge in [-0.05, 0) is 56.5 Å². The lowest BCUT2D eigenvalue weighted by atomic mass is 10.1. The third kappa shape index (κ3) is 7.66. The maximum atomic E-state index is 11.8. The van der Waals surface area contributed by atoms with E-state index in [2.05, 4.69) is 39.2 Å². The van der Waals surface area contributed by atoms with Gasteiger partial charge in [0.1, 0.15) is 5.75 Å². The van der Waals surface area contributed by atoms with Gasteiger partial charge in [0.2, 0.25) is 0 Å². The van der Waals surface area contributed by atoms with Crippen LogP contribution in [0.3, 0.4) is 0 Å². The van der Waals surface area contributed by atoms with Crippen molar-refractivity contribution < 1.29 is 9.53 Å². The van der Waals surface area contributed by atoms with Gasteiger partial charge >= 0.3 is 6.03 Å². The molecule has 2 aromatic rings. The van der Waals surface area contributed by atoms with Crippen LogP contribution in [-0.2, 0) is 13.0 Å². The minimum absolute atomic E-state index is 0.0970. The molecule has 2 rings (SSSR count). The first kappa shape index (κ1) is 23.1. The second-order valence-corrected chi connectivity index (χ2v) is 7.37. The zero-order chi connectivity index (χ0) is 21.9. The number of ether oxygens (including phenoxy) is 1. The largest absolute Gasteiger partial charge is 0.496 e. The number of amides is 2. The maximum Gasteiger partial charge on any atom is 0.319 e. The number of hydrogen-bond donors (Lipinski definition) is 4. The highest BCUT2D eigenvalue weighted by Crippen LogP contribution is 2.19. The van der Waals surface area contributed by atoms with Gasteiger partial charge in [0.05, 0.1) is 7.11 Å².